The van der Waals surface area contributed by atoms with Crippen LogP contribution in [0.15, 0.2) is 0 Å². The fraction of sp³-hybridized carbons (Fsp3) is 0.857. The van der Waals surface area contributed by atoms with Gasteiger partial charge in [-0.05, 0) is 12.8 Å². The van der Waals surface area contributed by atoms with Gasteiger partial charge in [-0.25, -0.2) is 8.42 Å². The number of hydrogen-bond acceptors (Lipinski definition) is 3. The number of amides is 1. The summed E-state index contributed by atoms with van der Waals surface area (Å²) in [5.74, 6) is -0.226. The van der Waals surface area contributed by atoms with Crippen molar-refractivity contribution in [3.8, 4) is 0 Å². The van der Waals surface area contributed by atoms with Gasteiger partial charge in [0.1, 0.15) is 0 Å². The van der Waals surface area contributed by atoms with Crippen LogP contribution < -0.4 is 5.32 Å². The largest absolute Gasteiger partial charge is 0.352 e. The second kappa shape index (κ2) is 3.63. The number of carbonyl (C=O) groups is 1. The first-order valence-electron chi connectivity index (χ1n) is 4.10. The van der Waals surface area contributed by atoms with E-state index in [9.17, 15) is 13.2 Å². The minimum atomic E-state index is -3.24. The lowest BCUT2D eigenvalue weighted by molar-refractivity contribution is -0.121. The molecular formula is C7H14N2O3S. The molecule has 0 saturated heterocycles. The Morgan fingerprint density at radius 1 is 1.54 bits per heavy atom. The van der Waals surface area contributed by atoms with Crippen molar-refractivity contribution < 1.29 is 13.2 Å². The second-order valence-corrected chi connectivity index (χ2v) is 5.45. The van der Waals surface area contributed by atoms with Gasteiger partial charge in [-0.1, -0.05) is 0 Å². The van der Waals surface area contributed by atoms with Gasteiger partial charge in [0.2, 0.25) is 15.9 Å². The molecule has 0 spiro atoms. The van der Waals surface area contributed by atoms with Gasteiger partial charge in [0, 0.05) is 13.1 Å². The van der Waals surface area contributed by atoms with Crippen molar-refractivity contribution in [1.29, 1.82) is 0 Å². The van der Waals surface area contributed by atoms with Crippen molar-refractivity contribution >= 4 is 15.9 Å². The van der Waals surface area contributed by atoms with Crippen molar-refractivity contribution in [2.75, 3.05) is 19.8 Å². The topological polar surface area (TPSA) is 66.5 Å². The van der Waals surface area contributed by atoms with Gasteiger partial charge in [0.05, 0.1) is 12.8 Å². The molecule has 0 radical (unpaired) electrons. The summed E-state index contributed by atoms with van der Waals surface area (Å²) in [6, 6.07) is 0.278. The highest BCUT2D eigenvalue weighted by Crippen LogP contribution is 2.18. The number of nitrogens with zero attached hydrogens (tertiary/aromatic N) is 1. The van der Waals surface area contributed by atoms with E-state index >= 15 is 0 Å². The maximum absolute atomic E-state index is 11.1. The van der Waals surface area contributed by atoms with Gasteiger partial charge in [-0.3, -0.25) is 4.79 Å². The van der Waals surface area contributed by atoms with Gasteiger partial charge in [0.25, 0.3) is 0 Å². The van der Waals surface area contributed by atoms with E-state index in [0.717, 1.165) is 23.4 Å². The molecule has 0 aliphatic heterocycles. The van der Waals surface area contributed by atoms with Crippen molar-refractivity contribution in [3.63, 3.8) is 0 Å². The summed E-state index contributed by atoms with van der Waals surface area (Å²) >= 11 is 0. The maximum Gasteiger partial charge on any atom is 0.235 e. The van der Waals surface area contributed by atoms with E-state index < -0.39 is 10.0 Å². The van der Waals surface area contributed by atoms with Crippen LogP contribution in [0.25, 0.3) is 0 Å². The summed E-state index contributed by atoms with van der Waals surface area (Å²) in [5.41, 5.74) is 0. The predicted octanol–water partition coefficient (Wildman–Crippen LogP) is -0.844. The van der Waals surface area contributed by atoms with Crippen LogP contribution in [0, 0.1) is 0 Å². The number of nitrogens with one attached hydrogen (secondary N) is 1. The number of hydrogen-bond donors (Lipinski definition) is 1. The second-order valence-electron chi connectivity index (χ2n) is 3.36. The van der Waals surface area contributed by atoms with E-state index in [1.54, 1.807) is 0 Å². The summed E-state index contributed by atoms with van der Waals surface area (Å²) in [5, 5.41) is 2.71. The quantitative estimate of drug-likeness (QED) is 0.652. The summed E-state index contributed by atoms with van der Waals surface area (Å²) < 4.78 is 22.9. The number of rotatable bonds is 4. The van der Waals surface area contributed by atoms with E-state index in [4.69, 9.17) is 0 Å². The molecule has 1 aliphatic rings. The molecule has 0 atom stereocenters. The average molecular weight is 206 g/mol. The van der Waals surface area contributed by atoms with Crippen LogP contribution in [0.5, 0.6) is 0 Å². The standard InChI is InChI=1S/C7H14N2O3S/c1-9(13(2,11)12)5-7(10)8-6-3-4-6/h6H,3-5H2,1-2H3,(H,8,10). The predicted molar refractivity (Wildman–Crippen MR) is 48.6 cm³/mol. The van der Waals surface area contributed by atoms with Gasteiger partial charge in [-0.15, -0.1) is 0 Å². The van der Waals surface area contributed by atoms with Crippen LogP contribution in [0.1, 0.15) is 12.8 Å². The molecule has 0 unspecified atom stereocenters. The summed E-state index contributed by atoms with van der Waals surface area (Å²) in [6.45, 7) is -0.0880. The number of carbonyl (C=O) groups excluding carboxylic acids is 1. The highest BCUT2D eigenvalue weighted by Gasteiger charge is 2.24. The fourth-order valence-corrected chi connectivity index (χ4v) is 1.17. The molecule has 0 aromatic heterocycles. The molecule has 1 rings (SSSR count). The van der Waals surface area contributed by atoms with Gasteiger partial charge >= 0.3 is 0 Å². The zero-order valence-electron chi connectivity index (χ0n) is 7.78. The Balaban J connectivity index is 2.34. The Morgan fingerprint density at radius 2 is 2.08 bits per heavy atom. The number of likely N-dealkylation sites (N-methyl/N-ethyl adjacent to an activating group) is 1. The molecule has 0 heterocycles. The minimum Gasteiger partial charge on any atom is -0.352 e. The normalized spacial score (nSPS) is 17.5. The summed E-state index contributed by atoms with van der Waals surface area (Å²) in [4.78, 5) is 11.1. The zero-order chi connectivity index (χ0) is 10.1. The summed E-state index contributed by atoms with van der Waals surface area (Å²) in [7, 11) is -1.85. The molecular weight excluding hydrogens is 192 g/mol. The van der Waals surface area contributed by atoms with Crippen LogP contribution in [-0.2, 0) is 14.8 Å². The lowest BCUT2D eigenvalue weighted by Gasteiger charge is -2.13. The Kier molecular flexibility index (Phi) is 2.92. The Morgan fingerprint density at radius 3 is 2.46 bits per heavy atom. The first-order valence-corrected chi connectivity index (χ1v) is 5.95. The van der Waals surface area contributed by atoms with Crippen molar-refractivity contribution in [2.45, 2.75) is 18.9 Å². The minimum absolute atomic E-state index is 0.0880. The zero-order valence-corrected chi connectivity index (χ0v) is 8.60. The Bertz CT molecular complexity index is 295. The van der Waals surface area contributed by atoms with E-state index in [0.29, 0.717) is 0 Å². The van der Waals surface area contributed by atoms with Crippen molar-refractivity contribution in [1.82, 2.24) is 9.62 Å². The molecule has 1 saturated carbocycles. The first-order chi connectivity index (χ1) is 5.89. The van der Waals surface area contributed by atoms with Crippen LogP contribution in [0.4, 0.5) is 0 Å². The summed E-state index contributed by atoms with van der Waals surface area (Å²) in [6.07, 6.45) is 3.10. The molecule has 5 nitrogen and oxygen atoms in total. The lowest BCUT2D eigenvalue weighted by atomic mass is 10.5. The average Bonchev–Trinajstić information content (AvgIpc) is 2.68. The van der Waals surface area contributed by atoms with Gasteiger partial charge in [-0.2, -0.15) is 4.31 Å². The SMILES string of the molecule is CN(CC(=O)NC1CC1)S(C)(=O)=O. The molecule has 0 aromatic rings. The third-order valence-electron chi connectivity index (χ3n) is 1.87. The Hall–Kier alpha value is -0.620. The van der Waals surface area contributed by atoms with E-state index in [2.05, 4.69) is 5.32 Å². The molecule has 0 aromatic carbocycles. The highest BCUT2D eigenvalue weighted by molar-refractivity contribution is 7.88. The number of sulfonamides is 1. The van der Waals surface area contributed by atoms with Crippen LogP contribution in [0.3, 0.4) is 0 Å². The van der Waals surface area contributed by atoms with Gasteiger partial charge in [0.15, 0.2) is 0 Å². The van der Waals surface area contributed by atoms with E-state index in [1.165, 1.54) is 7.05 Å². The molecule has 13 heavy (non-hydrogen) atoms. The molecule has 76 valence electrons. The smallest absolute Gasteiger partial charge is 0.235 e. The van der Waals surface area contributed by atoms with Crippen molar-refractivity contribution in [2.24, 2.45) is 0 Å². The third-order valence-corrected chi connectivity index (χ3v) is 3.14. The van der Waals surface area contributed by atoms with E-state index in [1.807, 2.05) is 0 Å². The first kappa shape index (κ1) is 10.5. The molecule has 1 N–H and O–H groups in total. The molecule has 1 aliphatic carbocycles. The Labute approximate surface area is 78.2 Å². The van der Waals surface area contributed by atoms with Crippen molar-refractivity contribution in [3.05, 3.63) is 0 Å². The maximum atomic E-state index is 11.1. The van der Waals surface area contributed by atoms with Crippen LogP contribution >= 0.6 is 0 Å². The molecule has 0 bridgehead atoms. The van der Waals surface area contributed by atoms with Crippen LogP contribution in [0.2, 0.25) is 0 Å². The monoisotopic (exact) mass is 206 g/mol. The highest BCUT2D eigenvalue weighted by atomic mass is 32.2. The molecule has 6 heteroatoms. The third kappa shape index (κ3) is 3.73. The molecule has 1 amide bonds. The lowest BCUT2D eigenvalue weighted by Crippen LogP contribution is -2.38. The molecule has 1 fully saturated rings. The van der Waals surface area contributed by atoms with Crippen LogP contribution in [-0.4, -0.2) is 44.5 Å². The van der Waals surface area contributed by atoms with Gasteiger partial charge < -0.3 is 5.32 Å². The van der Waals surface area contributed by atoms with E-state index in [-0.39, 0.29) is 18.5 Å². The fourth-order valence-electron chi connectivity index (χ4n) is 0.820.